The van der Waals surface area contributed by atoms with Gasteiger partial charge in [-0.05, 0) is 44.0 Å². The molecule has 4 nitrogen and oxygen atoms in total. The normalized spacial score (nSPS) is 14.0. The van der Waals surface area contributed by atoms with Crippen LogP contribution in [0.3, 0.4) is 0 Å². The van der Waals surface area contributed by atoms with Gasteiger partial charge in [0, 0.05) is 0 Å². The summed E-state index contributed by atoms with van der Waals surface area (Å²) >= 11 is 0. The molecule has 21 heavy (non-hydrogen) atoms. The second kappa shape index (κ2) is 8.90. The van der Waals surface area contributed by atoms with Crippen molar-refractivity contribution in [3.63, 3.8) is 0 Å². The maximum Gasteiger partial charge on any atom is 0.161 e. The Kier molecular flexibility index (Phi) is 7.54. The summed E-state index contributed by atoms with van der Waals surface area (Å²) in [6.07, 6.45) is 1.34. The molecule has 0 fully saturated rings. The summed E-state index contributed by atoms with van der Waals surface area (Å²) in [5, 5.41) is 3.29. The van der Waals surface area contributed by atoms with Gasteiger partial charge in [-0.1, -0.05) is 19.9 Å². The van der Waals surface area contributed by atoms with Crippen LogP contribution in [0.2, 0.25) is 0 Å². The average Bonchev–Trinajstić information content (AvgIpc) is 2.46. The minimum atomic E-state index is 0.138. The van der Waals surface area contributed by atoms with Crippen LogP contribution in [0.5, 0.6) is 11.5 Å². The molecule has 2 unspecified atom stereocenters. The van der Waals surface area contributed by atoms with E-state index >= 15 is 0 Å². The number of rotatable bonds is 9. The first-order valence-electron chi connectivity index (χ1n) is 7.52. The van der Waals surface area contributed by atoms with Gasteiger partial charge in [-0.25, -0.2) is 0 Å². The molecule has 0 saturated carbocycles. The summed E-state index contributed by atoms with van der Waals surface area (Å²) in [4.78, 5) is 0. The zero-order valence-corrected chi connectivity index (χ0v) is 14.1. The van der Waals surface area contributed by atoms with Gasteiger partial charge < -0.3 is 19.5 Å². The largest absolute Gasteiger partial charge is 0.493 e. The van der Waals surface area contributed by atoms with Gasteiger partial charge >= 0.3 is 0 Å². The molecule has 0 aliphatic heterocycles. The van der Waals surface area contributed by atoms with Gasteiger partial charge in [0.15, 0.2) is 11.5 Å². The molecule has 0 heterocycles. The summed E-state index contributed by atoms with van der Waals surface area (Å²) in [5.74, 6) is 2.13. The van der Waals surface area contributed by atoms with Gasteiger partial charge in [-0.15, -0.1) is 0 Å². The number of nitrogens with one attached hydrogen (secondary N) is 1. The van der Waals surface area contributed by atoms with E-state index in [0.29, 0.717) is 12.5 Å². The molecule has 1 rings (SSSR count). The molecule has 0 amide bonds. The lowest BCUT2D eigenvalue weighted by molar-refractivity contribution is 0.0382. The topological polar surface area (TPSA) is 39.7 Å². The lowest BCUT2D eigenvalue weighted by Gasteiger charge is -2.22. The van der Waals surface area contributed by atoms with Gasteiger partial charge in [-0.3, -0.25) is 0 Å². The molecule has 0 aliphatic carbocycles. The number of benzene rings is 1. The van der Waals surface area contributed by atoms with Crippen LogP contribution in [0, 0.1) is 5.92 Å². The van der Waals surface area contributed by atoms with Gasteiger partial charge in [0.1, 0.15) is 0 Å². The van der Waals surface area contributed by atoms with E-state index in [2.05, 4.69) is 26.1 Å². The number of hydrogen-bond acceptors (Lipinski definition) is 4. The molecule has 0 spiro atoms. The Hall–Kier alpha value is -1.26. The monoisotopic (exact) mass is 295 g/mol. The molecule has 1 aromatic rings. The van der Waals surface area contributed by atoms with E-state index in [1.165, 1.54) is 0 Å². The van der Waals surface area contributed by atoms with Crippen LogP contribution in [-0.2, 0) is 4.74 Å². The smallest absolute Gasteiger partial charge is 0.161 e. The van der Waals surface area contributed by atoms with Crippen LogP contribution in [0.4, 0.5) is 0 Å². The first kappa shape index (κ1) is 17.8. The lowest BCUT2D eigenvalue weighted by atomic mass is 10.1. The van der Waals surface area contributed by atoms with Crippen molar-refractivity contribution < 1.29 is 14.2 Å². The van der Waals surface area contributed by atoms with Crippen LogP contribution in [-0.4, -0.2) is 34.0 Å². The molecular weight excluding hydrogens is 266 g/mol. The second-order valence-electron chi connectivity index (χ2n) is 5.73. The van der Waals surface area contributed by atoms with E-state index in [1.54, 1.807) is 14.2 Å². The molecule has 4 heteroatoms. The Morgan fingerprint density at radius 3 is 2.24 bits per heavy atom. The maximum absolute atomic E-state index is 5.96. The van der Waals surface area contributed by atoms with E-state index in [4.69, 9.17) is 14.2 Å². The molecular formula is C17H29NO3. The maximum atomic E-state index is 5.96. The van der Waals surface area contributed by atoms with Crippen molar-refractivity contribution in [3.05, 3.63) is 23.8 Å². The lowest BCUT2D eigenvalue weighted by Crippen LogP contribution is -2.25. The SMILES string of the molecule is CNC(COC(C)CC(C)C)c1ccc(OC)c(OC)c1. The first-order valence-corrected chi connectivity index (χ1v) is 7.52. The number of hydrogen-bond donors (Lipinski definition) is 1. The minimum absolute atomic E-state index is 0.138. The zero-order valence-electron chi connectivity index (χ0n) is 14.1. The summed E-state index contributed by atoms with van der Waals surface area (Å²) in [7, 11) is 5.23. The molecule has 0 saturated heterocycles. The fourth-order valence-electron chi connectivity index (χ4n) is 2.41. The predicted octanol–water partition coefficient (Wildman–Crippen LogP) is 3.42. The molecule has 0 aliphatic rings. The number of methoxy groups -OCH3 is 2. The highest BCUT2D eigenvalue weighted by Crippen LogP contribution is 2.30. The van der Waals surface area contributed by atoms with Crippen molar-refractivity contribution in [2.75, 3.05) is 27.9 Å². The van der Waals surface area contributed by atoms with Crippen molar-refractivity contribution in [2.24, 2.45) is 5.92 Å². The van der Waals surface area contributed by atoms with E-state index in [1.807, 2.05) is 25.2 Å². The third kappa shape index (κ3) is 5.56. The second-order valence-corrected chi connectivity index (χ2v) is 5.73. The van der Waals surface area contributed by atoms with Crippen molar-refractivity contribution in [1.29, 1.82) is 0 Å². The van der Waals surface area contributed by atoms with E-state index in [0.717, 1.165) is 23.5 Å². The highest BCUT2D eigenvalue weighted by atomic mass is 16.5. The number of ether oxygens (including phenoxy) is 3. The third-order valence-corrected chi connectivity index (χ3v) is 3.51. The molecule has 1 N–H and O–H groups in total. The van der Waals surface area contributed by atoms with Crippen molar-refractivity contribution in [3.8, 4) is 11.5 Å². The Bertz CT molecular complexity index is 420. The van der Waals surface area contributed by atoms with Gasteiger partial charge in [0.25, 0.3) is 0 Å². The quantitative estimate of drug-likeness (QED) is 0.758. The van der Waals surface area contributed by atoms with Crippen molar-refractivity contribution >= 4 is 0 Å². The Labute approximate surface area is 128 Å². The van der Waals surface area contributed by atoms with Crippen LogP contribution in [0.25, 0.3) is 0 Å². The standard InChI is InChI=1S/C17H29NO3/c1-12(2)9-13(3)21-11-15(18-4)14-7-8-16(19-5)17(10-14)20-6/h7-8,10,12-13,15,18H,9,11H2,1-6H3. The van der Waals surface area contributed by atoms with E-state index in [-0.39, 0.29) is 12.1 Å². The van der Waals surface area contributed by atoms with Crippen LogP contribution < -0.4 is 14.8 Å². The van der Waals surface area contributed by atoms with E-state index in [9.17, 15) is 0 Å². The summed E-state index contributed by atoms with van der Waals surface area (Å²) < 4.78 is 16.6. The molecule has 2 atom stereocenters. The Morgan fingerprint density at radius 2 is 1.71 bits per heavy atom. The third-order valence-electron chi connectivity index (χ3n) is 3.51. The fourth-order valence-corrected chi connectivity index (χ4v) is 2.41. The van der Waals surface area contributed by atoms with Gasteiger partial charge in [0.2, 0.25) is 0 Å². The van der Waals surface area contributed by atoms with Gasteiger partial charge in [-0.2, -0.15) is 0 Å². The van der Waals surface area contributed by atoms with Crippen LogP contribution in [0.15, 0.2) is 18.2 Å². The molecule has 0 radical (unpaired) electrons. The van der Waals surface area contributed by atoms with Crippen molar-refractivity contribution in [1.82, 2.24) is 5.32 Å². The molecule has 0 aromatic heterocycles. The summed E-state index contributed by atoms with van der Waals surface area (Å²) in [5.41, 5.74) is 1.13. The zero-order chi connectivity index (χ0) is 15.8. The highest BCUT2D eigenvalue weighted by molar-refractivity contribution is 5.43. The van der Waals surface area contributed by atoms with E-state index < -0.39 is 0 Å². The highest BCUT2D eigenvalue weighted by Gasteiger charge is 2.15. The molecule has 0 bridgehead atoms. The average molecular weight is 295 g/mol. The summed E-state index contributed by atoms with van der Waals surface area (Å²) in [6, 6.07) is 6.10. The first-order chi connectivity index (χ1) is 10.0. The fraction of sp³-hybridized carbons (Fsp3) is 0.647. The molecule has 120 valence electrons. The number of likely N-dealkylation sites (N-methyl/N-ethyl adjacent to an activating group) is 1. The van der Waals surface area contributed by atoms with Crippen molar-refractivity contribution in [2.45, 2.75) is 39.3 Å². The minimum Gasteiger partial charge on any atom is -0.493 e. The Balaban J connectivity index is 2.71. The Morgan fingerprint density at radius 1 is 1.05 bits per heavy atom. The predicted molar refractivity (Wildman–Crippen MR) is 86.2 cm³/mol. The van der Waals surface area contributed by atoms with Gasteiger partial charge in [0.05, 0.1) is 33.0 Å². The van der Waals surface area contributed by atoms with Crippen LogP contribution >= 0.6 is 0 Å². The van der Waals surface area contributed by atoms with Crippen LogP contribution in [0.1, 0.15) is 38.8 Å². The molecule has 1 aromatic carbocycles. The summed E-state index contributed by atoms with van der Waals surface area (Å²) in [6.45, 7) is 7.19.